The van der Waals surface area contributed by atoms with Gasteiger partial charge >= 0.3 is 12.1 Å². The van der Waals surface area contributed by atoms with Crippen LogP contribution in [0.1, 0.15) is 45.9 Å². The molecular weight excluding hydrogens is 438 g/mol. The first-order valence-corrected chi connectivity index (χ1v) is 11.0. The molecule has 9 heteroatoms. The lowest BCUT2D eigenvalue weighted by Crippen LogP contribution is -2.63. The van der Waals surface area contributed by atoms with E-state index in [1.807, 2.05) is 19.9 Å². The van der Waals surface area contributed by atoms with Gasteiger partial charge in [-0.25, -0.2) is 4.79 Å². The summed E-state index contributed by atoms with van der Waals surface area (Å²) in [6.45, 7) is 4.24. The van der Waals surface area contributed by atoms with E-state index in [0.717, 1.165) is 11.1 Å². The van der Waals surface area contributed by atoms with Crippen LogP contribution in [0.2, 0.25) is 0 Å². The third kappa shape index (κ3) is 5.72. The van der Waals surface area contributed by atoms with E-state index < -0.39 is 36.1 Å². The van der Waals surface area contributed by atoms with Crippen molar-refractivity contribution >= 4 is 23.9 Å². The Kier molecular flexibility index (Phi) is 7.88. The molecule has 0 aromatic heterocycles. The molecule has 9 nitrogen and oxygen atoms in total. The number of ether oxygens (including phenoxy) is 1. The van der Waals surface area contributed by atoms with Crippen LogP contribution < -0.4 is 5.32 Å². The zero-order chi connectivity index (χ0) is 24.8. The van der Waals surface area contributed by atoms with Crippen LogP contribution in [0.25, 0.3) is 0 Å². The van der Waals surface area contributed by atoms with Crippen molar-refractivity contribution < 1.29 is 29.0 Å². The van der Waals surface area contributed by atoms with Gasteiger partial charge in [0, 0.05) is 18.7 Å². The van der Waals surface area contributed by atoms with Crippen molar-refractivity contribution in [2.75, 3.05) is 20.2 Å². The van der Waals surface area contributed by atoms with Gasteiger partial charge in [-0.1, -0.05) is 47.5 Å². The highest BCUT2D eigenvalue weighted by Gasteiger charge is 2.42. The van der Waals surface area contributed by atoms with Gasteiger partial charge < -0.3 is 20.1 Å². The molecule has 2 aromatic rings. The molecule has 0 spiro atoms. The summed E-state index contributed by atoms with van der Waals surface area (Å²) in [6, 6.07) is 13.3. The van der Waals surface area contributed by atoms with E-state index in [0.29, 0.717) is 17.5 Å². The molecule has 1 aliphatic heterocycles. The maximum Gasteiger partial charge on any atom is 0.411 e. The fourth-order valence-electron chi connectivity index (χ4n) is 4.05. The highest BCUT2D eigenvalue weighted by atomic mass is 16.5. The van der Waals surface area contributed by atoms with Crippen LogP contribution in [0.4, 0.5) is 4.79 Å². The second-order valence-corrected chi connectivity index (χ2v) is 8.33. The Morgan fingerprint density at radius 2 is 1.71 bits per heavy atom. The van der Waals surface area contributed by atoms with Gasteiger partial charge in [-0.15, -0.1) is 0 Å². The summed E-state index contributed by atoms with van der Waals surface area (Å²) in [5, 5.41) is 12.2. The van der Waals surface area contributed by atoms with Gasteiger partial charge in [0.25, 0.3) is 11.8 Å². The summed E-state index contributed by atoms with van der Waals surface area (Å²) in [7, 11) is 1.21. The van der Waals surface area contributed by atoms with Crippen LogP contribution in [-0.4, -0.2) is 65.1 Å². The third-order valence-corrected chi connectivity index (χ3v) is 5.73. The fourth-order valence-corrected chi connectivity index (χ4v) is 4.05. The van der Waals surface area contributed by atoms with E-state index in [2.05, 4.69) is 5.32 Å². The lowest BCUT2D eigenvalue weighted by Gasteiger charge is -2.42. The molecule has 2 unspecified atom stereocenters. The first-order valence-electron chi connectivity index (χ1n) is 11.0. The Morgan fingerprint density at radius 1 is 1.03 bits per heavy atom. The molecule has 0 saturated carbocycles. The fraction of sp³-hybridized carbons (Fsp3) is 0.360. The minimum absolute atomic E-state index is 0.219. The zero-order valence-electron chi connectivity index (χ0n) is 19.5. The summed E-state index contributed by atoms with van der Waals surface area (Å²) in [5.41, 5.74) is 2.89. The average molecular weight is 468 g/mol. The van der Waals surface area contributed by atoms with E-state index >= 15 is 0 Å². The average Bonchev–Trinajstić information content (AvgIpc) is 2.82. The SMILES string of the molecule is COC(=O)N1CCCN(C(=O)c2ccc(C)cc2)C1C(=O)NC(CC(=O)O)c1cccc(C)c1. The number of nitrogens with one attached hydrogen (secondary N) is 1. The molecule has 1 aliphatic rings. The molecule has 2 aromatic carbocycles. The predicted octanol–water partition coefficient (Wildman–Crippen LogP) is 2.88. The van der Waals surface area contributed by atoms with E-state index in [1.54, 1.807) is 42.5 Å². The van der Waals surface area contributed by atoms with Gasteiger partial charge in [-0.3, -0.25) is 19.3 Å². The van der Waals surface area contributed by atoms with Gasteiger partial charge in [0.2, 0.25) is 0 Å². The van der Waals surface area contributed by atoms with E-state index in [1.165, 1.54) is 16.9 Å². The number of benzene rings is 2. The summed E-state index contributed by atoms with van der Waals surface area (Å²) >= 11 is 0. The minimum atomic E-state index is -1.28. The third-order valence-electron chi connectivity index (χ3n) is 5.73. The number of carbonyl (C=O) groups is 4. The topological polar surface area (TPSA) is 116 Å². The van der Waals surface area contributed by atoms with Crippen molar-refractivity contribution in [1.82, 2.24) is 15.1 Å². The standard InChI is InChI=1S/C25H29N3O6/c1-16-8-10-18(11-9-16)24(32)27-12-5-13-28(25(33)34-3)23(27)22(31)26-20(15-21(29)30)19-7-4-6-17(2)14-19/h4,6-11,14,20,23H,5,12-13,15H2,1-3H3,(H,26,31)(H,29,30). The highest BCUT2D eigenvalue weighted by Crippen LogP contribution is 2.23. The second-order valence-electron chi connectivity index (χ2n) is 8.33. The summed E-state index contributed by atoms with van der Waals surface area (Å²) in [6.07, 6.45) is -1.91. The molecule has 0 bridgehead atoms. The van der Waals surface area contributed by atoms with Crippen molar-refractivity contribution in [1.29, 1.82) is 0 Å². The maximum absolute atomic E-state index is 13.5. The molecule has 3 amide bonds. The molecule has 2 atom stereocenters. The molecule has 34 heavy (non-hydrogen) atoms. The van der Waals surface area contributed by atoms with Crippen molar-refractivity contribution in [2.24, 2.45) is 0 Å². The van der Waals surface area contributed by atoms with E-state index in [-0.39, 0.29) is 19.5 Å². The van der Waals surface area contributed by atoms with Crippen molar-refractivity contribution in [3.05, 3.63) is 70.8 Å². The first-order chi connectivity index (χ1) is 16.2. The Labute approximate surface area is 198 Å². The monoisotopic (exact) mass is 467 g/mol. The summed E-state index contributed by atoms with van der Waals surface area (Å²) < 4.78 is 4.86. The number of carboxylic acids is 1. The Bertz CT molecular complexity index is 1070. The van der Waals surface area contributed by atoms with Crippen LogP contribution in [0, 0.1) is 13.8 Å². The number of aliphatic carboxylic acids is 1. The van der Waals surface area contributed by atoms with Crippen LogP contribution in [-0.2, 0) is 14.3 Å². The Hall–Kier alpha value is -3.88. The smallest absolute Gasteiger partial charge is 0.411 e. The van der Waals surface area contributed by atoms with Gasteiger partial charge in [0.1, 0.15) is 0 Å². The van der Waals surface area contributed by atoms with Gasteiger partial charge in [0.15, 0.2) is 6.17 Å². The number of methoxy groups -OCH3 is 1. The van der Waals surface area contributed by atoms with E-state index in [4.69, 9.17) is 4.74 Å². The number of rotatable bonds is 6. The van der Waals surface area contributed by atoms with Crippen LogP contribution in [0.5, 0.6) is 0 Å². The molecule has 180 valence electrons. The van der Waals surface area contributed by atoms with Gasteiger partial charge in [-0.2, -0.15) is 0 Å². The number of hydrogen-bond acceptors (Lipinski definition) is 5. The zero-order valence-corrected chi connectivity index (χ0v) is 19.5. The number of hydrogen-bond donors (Lipinski definition) is 2. The van der Waals surface area contributed by atoms with Crippen molar-refractivity contribution in [2.45, 2.75) is 38.9 Å². The number of carboxylic acid groups (broad SMARTS) is 1. The molecule has 0 aliphatic carbocycles. The largest absolute Gasteiger partial charge is 0.481 e. The maximum atomic E-state index is 13.5. The van der Waals surface area contributed by atoms with Gasteiger partial charge in [-0.05, 0) is 38.0 Å². The Balaban J connectivity index is 1.95. The van der Waals surface area contributed by atoms with E-state index in [9.17, 15) is 24.3 Å². The normalized spacial score (nSPS) is 16.5. The molecule has 3 rings (SSSR count). The molecule has 1 fully saturated rings. The summed E-state index contributed by atoms with van der Waals surface area (Å²) in [4.78, 5) is 53.4. The predicted molar refractivity (Wildman–Crippen MR) is 124 cm³/mol. The van der Waals surface area contributed by atoms with Crippen LogP contribution >= 0.6 is 0 Å². The highest BCUT2D eigenvalue weighted by molar-refractivity contribution is 5.98. The number of carbonyl (C=O) groups excluding carboxylic acids is 3. The lowest BCUT2D eigenvalue weighted by molar-refractivity contribution is -0.138. The second kappa shape index (κ2) is 10.8. The molecule has 1 heterocycles. The summed E-state index contributed by atoms with van der Waals surface area (Å²) in [5.74, 6) is -2.15. The van der Waals surface area contributed by atoms with Crippen molar-refractivity contribution in [3.8, 4) is 0 Å². The molecule has 2 N–H and O–H groups in total. The van der Waals surface area contributed by atoms with Crippen LogP contribution in [0.15, 0.2) is 48.5 Å². The molecular formula is C25H29N3O6. The van der Waals surface area contributed by atoms with Crippen LogP contribution in [0.3, 0.4) is 0 Å². The number of amides is 3. The first kappa shape index (κ1) is 24.8. The Morgan fingerprint density at radius 3 is 2.32 bits per heavy atom. The molecule has 1 saturated heterocycles. The number of aryl methyl sites for hydroxylation is 2. The van der Waals surface area contributed by atoms with Crippen molar-refractivity contribution in [3.63, 3.8) is 0 Å². The minimum Gasteiger partial charge on any atom is -0.481 e. The molecule has 0 radical (unpaired) electrons. The quantitative estimate of drug-likeness (QED) is 0.675. The van der Waals surface area contributed by atoms with Gasteiger partial charge in [0.05, 0.1) is 19.6 Å². The lowest BCUT2D eigenvalue weighted by atomic mass is 10.0. The number of nitrogens with zero attached hydrogens (tertiary/aromatic N) is 2.